The van der Waals surface area contributed by atoms with Crippen LogP contribution in [0.4, 0.5) is 0 Å². The molecule has 0 radical (unpaired) electrons. The van der Waals surface area contributed by atoms with Crippen molar-refractivity contribution in [3.63, 3.8) is 0 Å². The molecule has 0 bridgehead atoms. The van der Waals surface area contributed by atoms with Crippen molar-refractivity contribution in [1.82, 2.24) is 9.97 Å². The van der Waals surface area contributed by atoms with E-state index in [0.29, 0.717) is 11.1 Å². The molecule has 2 heterocycles. The first-order valence-electron chi connectivity index (χ1n) is 12.5. The highest BCUT2D eigenvalue weighted by molar-refractivity contribution is 5.79. The summed E-state index contributed by atoms with van der Waals surface area (Å²) in [6, 6.07) is 18.5. The van der Waals surface area contributed by atoms with Gasteiger partial charge < -0.3 is 39.4 Å². The van der Waals surface area contributed by atoms with Gasteiger partial charge in [-0.25, -0.2) is 9.59 Å². The number of aliphatic hydroxyl groups excluding tert-OH is 3. The molecule has 1 fully saturated rings. The SMILES string of the molecule is COC(c1ccccc1)(c1ccccc1)C(Oc1nc(CO)cc(CO)n1)C(=O)OC1CC(O)CC(C(=O)O)O1. The molecule has 0 amide bonds. The van der Waals surface area contributed by atoms with Crippen LogP contribution >= 0.6 is 0 Å². The third-order valence-electron chi connectivity index (χ3n) is 6.46. The second-order valence-corrected chi connectivity index (χ2v) is 9.07. The second kappa shape index (κ2) is 12.9. The number of benzene rings is 2. The molecule has 4 unspecified atom stereocenters. The predicted molar refractivity (Wildman–Crippen MR) is 137 cm³/mol. The summed E-state index contributed by atoms with van der Waals surface area (Å²) >= 11 is 0. The topological polar surface area (TPSA) is 178 Å². The normalized spacial score (nSPS) is 19.9. The van der Waals surface area contributed by atoms with Crippen molar-refractivity contribution in [2.24, 2.45) is 0 Å². The first-order valence-corrected chi connectivity index (χ1v) is 12.5. The maximum Gasteiger partial charge on any atom is 0.353 e. The van der Waals surface area contributed by atoms with Gasteiger partial charge in [-0.05, 0) is 17.2 Å². The molecule has 4 atom stereocenters. The van der Waals surface area contributed by atoms with E-state index in [-0.39, 0.29) is 30.2 Å². The molecule has 0 saturated carbocycles. The number of nitrogens with zero attached hydrogens (tertiary/aromatic N) is 2. The van der Waals surface area contributed by atoms with Gasteiger partial charge in [0.25, 0.3) is 0 Å². The number of carbonyl (C=O) groups is 2. The Morgan fingerprint density at radius 2 is 1.52 bits per heavy atom. The molecule has 212 valence electrons. The van der Waals surface area contributed by atoms with Crippen LogP contribution in [-0.4, -0.2) is 74.0 Å². The van der Waals surface area contributed by atoms with Gasteiger partial charge in [-0.3, -0.25) is 0 Å². The minimum Gasteiger partial charge on any atom is -0.479 e. The quantitative estimate of drug-likeness (QED) is 0.250. The number of carboxylic acid groups (broad SMARTS) is 1. The summed E-state index contributed by atoms with van der Waals surface area (Å²) in [7, 11) is 1.38. The van der Waals surface area contributed by atoms with E-state index in [0.717, 1.165) is 0 Å². The molecular weight excluding hydrogens is 524 g/mol. The fourth-order valence-electron chi connectivity index (χ4n) is 4.61. The third-order valence-corrected chi connectivity index (χ3v) is 6.46. The Labute approximate surface area is 229 Å². The van der Waals surface area contributed by atoms with Crippen molar-refractivity contribution in [3.8, 4) is 6.01 Å². The number of aliphatic carboxylic acids is 1. The lowest BCUT2D eigenvalue weighted by molar-refractivity contribution is -0.231. The molecule has 4 N–H and O–H groups in total. The van der Waals surface area contributed by atoms with Gasteiger partial charge in [0.2, 0.25) is 12.4 Å². The van der Waals surface area contributed by atoms with E-state index in [1.54, 1.807) is 60.7 Å². The van der Waals surface area contributed by atoms with Crippen molar-refractivity contribution in [2.45, 2.75) is 56.3 Å². The molecule has 12 nitrogen and oxygen atoms in total. The van der Waals surface area contributed by atoms with E-state index < -0.39 is 55.4 Å². The third kappa shape index (κ3) is 6.27. The lowest BCUT2D eigenvalue weighted by atomic mass is 9.81. The Balaban J connectivity index is 1.83. The van der Waals surface area contributed by atoms with Crippen molar-refractivity contribution in [2.75, 3.05) is 7.11 Å². The lowest BCUT2D eigenvalue weighted by Gasteiger charge is -2.39. The zero-order chi connectivity index (χ0) is 28.7. The highest BCUT2D eigenvalue weighted by atomic mass is 16.7. The number of aromatic nitrogens is 2. The van der Waals surface area contributed by atoms with Crippen LogP contribution in [0.25, 0.3) is 0 Å². The van der Waals surface area contributed by atoms with Crippen LogP contribution in [0.2, 0.25) is 0 Å². The summed E-state index contributed by atoms with van der Waals surface area (Å²) in [5.74, 6) is -2.33. The number of ether oxygens (including phenoxy) is 4. The monoisotopic (exact) mass is 554 g/mol. The number of rotatable bonds is 11. The molecule has 3 aromatic rings. The van der Waals surface area contributed by atoms with E-state index in [2.05, 4.69) is 9.97 Å². The van der Waals surface area contributed by atoms with E-state index in [1.807, 2.05) is 0 Å². The standard InChI is InChI=1S/C28H30N2O10/c1-37-28(17-8-4-2-5-9-17,18-10-6-3-7-11-18)24(40-27-29-19(15-31)12-20(16-32)30-27)26(36)39-23-14-21(33)13-22(38-23)25(34)35/h2-12,21-24,31-33H,13-16H2,1H3,(H,34,35). The van der Waals surface area contributed by atoms with Gasteiger partial charge in [0.05, 0.1) is 30.7 Å². The van der Waals surface area contributed by atoms with Crippen LogP contribution in [0.1, 0.15) is 35.4 Å². The van der Waals surface area contributed by atoms with E-state index in [4.69, 9.17) is 18.9 Å². The van der Waals surface area contributed by atoms with Crippen LogP contribution in [-0.2, 0) is 42.6 Å². The zero-order valence-electron chi connectivity index (χ0n) is 21.6. The maximum atomic E-state index is 14.0. The molecular formula is C28H30N2O10. The molecule has 12 heteroatoms. The Bertz CT molecular complexity index is 1230. The molecule has 4 rings (SSSR count). The van der Waals surface area contributed by atoms with E-state index >= 15 is 0 Å². The largest absolute Gasteiger partial charge is 0.479 e. The van der Waals surface area contributed by atoms with Crippen molar-refractivity contribution in [1.29, 1.82) is 0 Å². The molecule has 0 aliphatic carbocycles. The van der Waals surface area contributed by atoms with Gasteiger partial charge >= 0.3 is 17.9 Å². The van der Waals surface area contributed by atoms with Gasteiger partial charge in [-0.2, -0.15) is 9.97 Å². The first-order chi connectivity index (χ1) is 19.3. The van der Waals surface area contributed by atoms with Gasteiger partial charge in [-0.1, -0.05) is 60.7 Å². The fraction of sp³-hybridized carbons (Fsp3) is 0.357. The number of carboxylic acids is 1. The van der Waals surface area contributed by atoms with Crippen LogP contribution in [0.15, 0.2) is 66.7 Å². The first kappa shape index (κ1) is 29.1. The average Bonchev–Trinajstić information content (AvgIpc) is 2.97. The summed E-state index contributed by atoms with van der Waals surface area (Å²) in [5.41, 5.74) is -0.395. The molecule has 0 spiro atoms. The molecule has 2 aromatic carbocycles. The number of aliphatic hydroxyl groups is 3. The van der Waals surface area contributed by atoms with Crippen molar-refractivity contribution >= 4 is 11.9 Å². The van der Waals surface area contributed by atoms with Crippen molar-refractivity contribution in [3.05, 3.63) is 89.2 Å². The summed E-state index contributed by atoms with van der Waals surface area (Å²) in [5, 5.41) is 38.9. The van der Waals surface area contributed by atoms with Gasteiger partial charge in [-0.15, -0.1) is 0 Å². The molecule has 1 saturated heterocycles. The van der Waals surface area contributed by atoms with Gasteiger partial charge in [0.1, 0.15) is 0 Å². The summed E-state index contributed by atoms with van der Waals surface area (Å²) in [6.07, 6.45) is -5.85. The number of carbonyl (C=O) groups excluding carboxylic acids is 1. The van der Waals surface area contributed by atoms with Crippen LogP contribution in [0, 0.1) is 0 Å². The highest BCUT2D eigenvalue weighted by Crippen LogP contribution is 2.39. The van der Waals surface area contributed by atoms with E-state index in [1.165, 1.54) is 13.2 Å². The number of hydrogen-bond acceptors (Lipinski definition) is 11. The minimum atomic E-state index is -1.66. The second-order valence-electron chi connectivity index (χ2n) is 9.07. The number of methoxy groups -OCH3 is 1. The minimum absolute atomic E-state index is 0.131. The Morgan fingerprint density at radius 3 is 2.00 bits per heavy atom. The van der Waals surface area contributed by atoms with E-state index in [9.17, 15) is 30.0 Å². The summed E-state index contributed by atoms with van der Waals surface area (Å²) < 4.78 is 23.2. The Kier molecular flexibility index (Phi) is 9.40. The summed E-state index contributed by atoms with van der Waals surface area (Å²) in [4.78, 5) is 33.8. The maximum absolute atomic E-state index is 14.0. The fourth-order valence-corrected chi connectivity index (χ4v) is 4.61. The summed E-state index contributed by atoms with van der Waals surface area (Å²) in [6.45, 7) is -0.976. The van der Waals surface area contributed by atoms with Crippen LogP contribution < -0.4 is 4.74 Å². The number of hydrogen-bond donors (Lipinski definition) is 4. The molecule has 1 aliphatic rings. The molecule has 40 heavy (non-hydrogen) atoms. The molecule has 1 aliphatic heterocycles. The van der Waals surface area contributed by atoms with Crippen LogP contribution in [0.3, 0.4) is 0 Å². The van der Waals surface area contributed by atoms with Gasteiger partial charge in [0.15, 0.2) is 11.7 Å². The highest BCUT2D eigenvalue weighted by Gasteiger charge is 2.51. The smallest absolute Gasteiger partial charge is 0.353 e. The zero-order valence-corrected chi connectivity index (χ0v) is 21.6. The number of esters is 1. The predicted octanol–water partition coefficient (Wildman–Crippen LogP) is 1.29. The molecule has 1 aromatic heterocycles. The van der Waals surface area contributed by atoms with Crippen LogP contribution in [0.5, 0.6) is 6.01 Å². The van der Waals surface area contributed by atoms with Crippen molar-refractivity contribution < 1.29 is 49.0 Å². The Hall–Kier alpha value is -3.94. The average molecular weight is 555 g/mol. The Morgan fingerprint density at radius 1 is 0.975 bits per heavy atom. The van der Waals surface area contributed by atoms with Gasteiger partial charge in [0, 0.05) is 20.0 Å². The lowest BCUT2D eigenvalue weighted by Crippen LogP contribution is -2.53.